The third kappa shape index (κ3) is 5.38. The van der Waals surface area contributed by atoms with Crippen LogP contribution >= 0.6 is 28.1 Å². The van der Waals surface area contributed by atoms with Gasteiger partial charge in [-0.1, -0.05) is 28.1 Å². The Morgan fingerprint density at radius 3 is 2.36 bits per heavy atom. The van der Waals surface area contributed by atoms with Crippen LogP contribution in [0, 0.1) is 5.82 Å². The molecule has 2 aromatic carbocycles. The van der Waals surface area contributed by atoms with Crippen molar-refractivity contribution in [1.29, 1.82) is 0 Å². The van der Waals surface area contributed by atoms with Gasteiger partial charge in [0.05, 0.1) is 0 Å². The molecule has 3 nitrogen and oxygen atoms in total. The van der Waals surface area contributed by atoms with Crippen LogP contribution in [-0.4, -0.2) is 11.0 Å². The maximum Gasteiger partial charge on any atom is 0.250 e. The van der Waals surface area contributed by atoms with E-state index >= 15 is 0 Å². The highest BCUT2D eigenvalue weighted by atomic mass is 79.9. The highest BCUT2D eigenvalue weighted by Crippen LogP contribution is 2.13. The van der Waals surface area contributed by atoms with E-state index in [4.69, 9.17) is 12.2 Å². The summed E-state index contributed by atoms with van der Waals surface area (Å²) in [6.07, 6.45) is 2.92. The van der Waals surface area contributed by atoms with Crippen molar-refractivity contribution < 1.29 is 9.18 Å². The van der Waals surface area contributed by atoms with Gasteiger partial charge in [-0.05, 0) is 60.3 Å². The van der Waals surface area contributed by atoms with Crippen LogP contribution in [0.5, 0.6) is 0 Å². The van der Waals surface area contributed by atoms with Crippen molar-refractivity contribution in [3.05, 3.63) is 70.5 Å². The first kappa shape index (κ1) is 16.3. The quantitative estimate of drug-likeness (QED) is 0.623. The van der Waals surface area contributed by atoms with Crippen molar-refractivity contribution in [3.63, 3.8) is 0 Å². The topological polar surface area (TPSA) is 41.1 Å². The van der Waals surface area contributed by atoms with Gasteiger partial charge in [-0.2, -0.15) is 0 Å². The standard InChI is InChI=1S/C16H12BrFN2OS/c17-12-4-8-14(9-5-12)19-16(22)20-15(21)10-3-11-1-6-13(18)7-2-11/h1-10H,(H2,19,20,21,22). The predicted molar refractivity (Wildman–Crippen MR) is 93.9 cm³/mol. The monoisotopic (exact) mass is 378 g/mol. The molecule has 0 aliphatic carbocycles. The molecule has 0 radical (unpaired) electrons. The number of halogens is 2. The van der Waals surface area contributed by atoms with Crippen LogP contribution < -0.4 is 10.6 Å². The maximum absolute atomic E-state index is 12.8. The third-order valence-electron chi connectivity index (χ3n) is 2.64. The van der Waals surface area contributed by atoms with Gasteiger partial charge in [-0.25, -0.2) is 4.39 Å². The Balaban J connectivity index is 1.87. The zero-order chi connectivity index (χ0) is 15.9. The van der Waals surface area contributed by atoms with E-state index in [-0.39, 0.29) is 16.8 Å². The van der Waals surface area contributed by atoms with Crippen molar-refractivity contribution in [1.82, 2.24) is 5.32 Å². The second-order valence-corrected chi connectivity index (χ2v) is 5.66. The average Bonchev–Trinajstić information content (AvgIpc) is 2.49. The predicted octanol–water partition coefficient (Wildman–Crippen LogP) is 4.11. The van der Waals surface area contributed by atoms with Crippen molar-refractivity contribution in [3.8, 4) is 0 Å². The van der Waals surface area contributed by atoms with Crippen LogP contribution in [-0.2, 0) is 4.79 Å². The molecule has 6 heteroatoms. The fraction of sp³-hybridized carbons (Fsp3) is 0. The maximum atomic E-state index is 12.8. The third-order valence-corrected chi connectivity index (χ3v) is 3.37. The van der Waals surface area contributed by atoms with E-state index in [2.05, 4.69) is 26.6 Å². The second kappa shape index (κ2) is 7.82. The number of hydrogen-bond donors (Lipinski definition) is 2. The van der Waals surface area contributed by atoms with Gasteiger partial charge in [0.2, 0.25) is 5.91 Å². The first-order valence-corrected chi connectivity index (χ1v) is 7.54. The summed E-state index contributed by atoms with van der Waals surface area (Å²) in [6, 6.07) is 13.2. The molecule has 0 aliphatic heterocycles. The number of carbonyl (C=O) groups is 1. The molecule has 0 spiro atoms. The van der Waals surface area contributed by atoms with Gasteiger partial charge in [0.25, 0.3) is 0 Å². The van der Waals surface area contributed by atoms with Crippen molar-refractivity contribution in [2.75, 3.05) is 5.32 Å². The van der Waals surface area contributed by atoms with Crippen LogP contribution in [0.4, 0.5) is 10.1 Å². The number of benzene rings is 2. The second-order valence-electron chi connectivity index (χ2n) is 4.34. The summed E-state index contributed by atoms with van der Waals surface area (Å²) in [5, 5.41) is 5.64. The summed E-state index contributed by atoms with van der Waals surface area (Å²) in [4.78, 5) is 11.7. The van der Waals surface area contributed by atoms with Gasteiger partial charge in [-0.3, -0.25) is 10.1 Å². The molecule has 2 N–H and O–H groups in total. The zero-order valence-corrected chi connectivity index (χ0v) is 13.7. The van der Waals surface area contributed by atoms with E-state index < -0.39 is 0 Å². The molecule has 0 saturated carbocycles. The molecule has 2 rings (SSSR count). The molecule has 0 saturated heterocycles. The fourth-order valence-corrected chi connectivity index (χ4v) is 2.08. The first-order chi connectivity index (χ1) is 10.5. The summed E-state index contributed by atoms with van der Waals surface area (Å²) in [6.45, 7) is 0. The molecule has 0 heterocycles. The summed E-state index contributed by atoms with van der Waals surface area (Å²) in [7, 11) is 0. The Morgan fingerprint density at radius 2 is 1.73 bits per heavy atom. The Bertz CT molecular complexity index is 699. The Kier molecular flexibility index (Phi) is 5.80. The number of nitrogens with one attached hydrogen (secondary N) is 2. The van der Waals surface area contributed by atoms with E-state index in [9.17, 15) is 9.18 Å². The largest absolute Gasteiger partial charge is 0.332 e. The molecule has 0 atom stereocenters. The molecular formula is C16H12BrFN2OS. The van der Waals surface area contributed by atoms with Crippen LogP contribution in [0.1, 0.15) is 5.56 Å². The number of anilines is 1. The van der Waals surface area contributed by atoms with Gasteiger partial charge >= 0.3 is 0 Å². The van der Waals surface area contributed by atoms with Crippen LogP contribution in [0.3, 0.4) is 0 Å². The van der Waals surface area contributed by atoms with E-state index in [1.165, 1.54) is 18.2 Å². The highest BCUT2D eigenvalue weighted by Gasteiger charge is 2.01. The molecular weight excluding hydrogens is 367 g/mol. The number of hydrogen-bond acceptors (Lipinski definition) is 2. The lowest BCUT2D eigenvalue weighted by atomic mass is 10.2. The first-order valence-electron chi connectivity index (χ1n) is 6.34. The molecule has 2 aromatic rings. The van der Waals surface area contributed by atoms with Gasteiger partial charge < -0.3 is 5.32 Å². The Labute approximate surface area is 141 Å². The van der Waals surface area contributed by atoms with Gasteiger partial charge in [0.1, 0.15) is 5.82 Å². The summed E-state index contributed by atoms with van der Waals surface area (Å²) in [5.41, 5.74) is 1.50. The van der Waals surface area contributed by atoms with Gasteiger partial charge in [0.15, 0.2) is 5.11 Å². The van der Waals surface area contributed by atoms with Crippen LogP contribution in [0.25, 0.3) is 6.08 Å². The van der Waals surface area contributed by atoms with Crippen molar-refractivity contribution in [2.45, 2.75) is 0 Å². The molecule has 0 unspecified atom stereocenters. The normalized spacial score (nSPS) is 10.5. The number of thiocarbonyl (C=S) groups is 1. The van der Waals surface area contributed by atoms with Crippen LogP contribution in [0.2, 0.25) is 0 Å². The molecule has 0 aromatic heterocycles. The Morgan fingerprint density at radius 1 is 1.09 bits per heavy atom. The SMILES string of the molecule is O=C(C=Cc1ccc(F)cc1)NC(=S)Nc1ccc(Br)cc1. The summed E-state index contributed by atoms with van der Waals surface area (Å²) in [5.74, 6) is -0.680. The van der Waals surface area contributed by atoms with E-state index in [1.807, 2.05) is 24.3 Å². The smallest absolute Gasteiger partial charge is 0.250 e. The van der Waals surface area contributed by atoms with Gasteiger partial charge in [-0.15, -0.1) is 0 Å². The van der Waals surface area contributed by atoms with E-state index in [0.29, 0.717) is 0 Å². The van der Waals surface area contributed by atoms with Crippen LogP contribution in [0.15, 0.2) is 59.1 Å². The fourth-order valence-electron chi connectivity index (χ4n) is 1.59. The van der Waals surface area contributed by atoms with Crippen molar-refractivity contribution >= 4 is 50.9 Å². The zero-order valence-electron chi connectivity index (χ0n) is 11.3. The minimum atomic E-state index is -0.362. The lowest BCUT2D eigenvalue weighted by molar-refractivity contribution is -0.115. The van der Waals surface area contributed by atoms with Crippen molar-refractivity contribution in [2.24, 2.45) is 0 Å². The highest BCUT2D eigenvalue weighted by molar-refractivity contribution is 9.10. The molecule has 0 aliphatic rings. The number of amides is 1. The van der Waals surface area contributed by atoms with E-state index in [1.54, 1.807) is 18.2 Å². The number of carbonyl (C=O) groups excluding carboxylic acids is 1. The molecule has 1 amide bonds. The lowest BCUT2D eigenvalue weighted by Gasteiger charge is -2.07. The van der Waals surface area contributed by atoms with E-state index in [0.717, 1.165) is 15.7 Å². The molecule has 22 heavy (non-hydrogen) atoms. The lowest BCUT2D eigenvalue weighted by Crippen LogP contribution is -2.32. The molecule has 0 bridgehead atoms. The summed E-state index contributed by atoms with van der Waals surface area (Å²) >= 11 is 8.39. The minimum absolute atomic E-state index is 0.205. The van der Waals surface area contributed by atoms with Gasteiger partial charge in [0, 0.05) is 16.2 Å². The molecule has 0 fully saturated rings. The summed E-state index contributed by atoms with van der Waals surface area (Å²) < 4.78 is 13.7. The number of rotatable bonds is 3. The minimum Gasteiger partial charge on any atom is -0.332 e. The Hall–Kier alpha value is -2.05. The average molecular weight is 379 g/mol. The molecule has 112 valence electrons.